The Bertz CT molecular complexity index is 2910. The van der Waals surface area contributed by atoms with Gasteiger partial charge in [0.15, 0.2) is 23.0 Å². The van der Waals surface area contributed by atoms with E-state index < -0.39 is 28.5 Å². The second-order valence-electron chi connectivity index (χ2n) is 18.3. The number of imidazole rings is 1. The van der Waals surface area contributed by atoms with Crippen molar-refractivity contribution < 1.29 is 28.9 Å². The van der Waals surface area contributed by atoms with Gasteiger partial charge in [-0.05, 0) is 103 Å². The number of aryl methyl sites for hydroxylation is 1. The lowest BCUT2D eigenvalue weighted by Crippen LogP contribution is -2.39. The summed E-state index contributed by atoms with van der Waals surface area (Å²) in [7, 11) is 1.48. The molecular formula is C56H56N6O6. The Morgan fingerprint density at radius 3 is 1.78 bits per heavy atom. The SMILES string of the molecule is CCCc1nc(C(C)(C)O)c(C(=O)OCc2ccc(OC(=O)C(C)(C)C)c(OC)c2)n1Cc1ccc(-c2ccccc2-c2nnnn2C(c2ccccc2)(c2ccccc2)c2ccccc2)cc1. The quantitative estimate of drug-likeness (QED) is 0.0565. The van der Waals surface area contributed by atoms with Crippen LogP contribution in [0, 0.1) is 5.41 Å². The average Bonchev–Trinajstić information content (AvgIpc) is 3.98. The van der Waals surface area contributed by atoms with Crippen molar-refractivity contribution in [2.45, 2.75) is 78.7 Å². The van der Waals surface area contributed by atoms with Crippen LogP contribution < -0.4 is 9.47 Å². The average molecular weight is 909 g/mol. The molecule has 0 radical (unpaired) electrons. The van der Waals surface area contributed by atoms with Gasteiger partial charge in [-0.2, -0.15) is 0 Å². The molecule has 6 aromatic carbocycles. The number of tetrazole rings is 1. The zero-order valence-corrected chi connectivity index (χ0v) is 39.5. The summed E-state index contributed by atoms with van der Waals surface area (Å²) in [5, 5.41) is 25.2. The van der Waals surface area contributed by atoms with Crippen molar-refractivity contribution in [1.29, 1.82) is 0 Å². The zero-order chi connectivity index (χ0) is 48.1. The third-order valence-electron chi connectivity index (χ3n) is 11.8. The minimum absolute atomic E-state index is 0.108. The fourth-order valence-corrected chi connectivity index (χ4v) is 8.46. The summed E-state index contributed by atoms with van der Waals surface area (Å²) in [5.74, 6) is 0.789. The lowest BCUT2D eigenvalue weighted by Gasteiger charge is -2.36. The molecule has 8 rings (SSSR count). The van der Waals surface area contributed by atoms with E-state index in [1.165, 1.54) is 7.11 Å². The van der Waals surface area contributed by atoms with Gasteiger partial charge in [-0.25, -0.2) is 14.5 Å². The predicted octanol–water partition coefficient (Wildman–Crippen LogP) is 10.6. The third kappa shape index (κ3) is 9.45. The number of aromatic nitrogens is 6. The van der Waals surface area contributed by atoms with Gasteiger partial charge in [0.05, 0.1) is 12.5 Å². The molecule has 0 unspecified atom stereocenters. The van der Waals surface area contributed by atoms with Crippen LogP contribution in [0.3, 0.4) is 0 Å². The van der Waals surface area contributed by atoms with Gasteiger partial charge < -0.3 is 23.9 Å². The second-order valence-corrected chi connectivity index (χ2v) is 18.3. The van der Waals surface area contributed by atoms with Gasteiger partial charge in [-0.15, -0.1) is 5.10 Å². The summed E-state index contributed by atoms with van der Waals surface area (Å²) in [5.41, 5.74) is 4.54. The summed E-state index contributed by atoms with van der Waals surface area (Å²) < 4.78 is 20.9. The van der Waals surface area contributed by atoms with Gasteiger partial charge >= 0.3 is 11.9 Å². The van der Waals surface area contributed by atoms with Gasteiger partial charge in [0, 0.05) is 18.5 Å². The predicted molar refractivity (Wildman–Crippen MR) is 261 cm³/mol. The van der Waals surface area contributed by atoms with E-state index in [9.17, 15) is 14.7 Å². The van der Waals surface area contributed by atoms with Crippen LogP contribution >= 0.6 is 0 Å². The van der Waals surface area contributed by atoms with Crippen LogP contribution in [-0.4, -0.2) is 53.9 Å². The van der Waals surface area contributed by atoms with Crippen molar-refractivity contribution in [3.63, 3.8) is 0 Å². The molecule has 0 atom stereocenters. The Kier molecular flexibility index (Phi) is 13.5. The van der Waals surface area contributed by atoms with Crippen LogP contribution in [0.5, 0.6) is 11.5 Å². The van der Waals surface area contributed by atoms with E-state index in [4.69, 9.17) is 29.5 Å². The van der Waals surface area contributed by atoms with Gasteiger partial charge in [-0.3, -0.25) is 4.79 Å². The number of rotatable bonds is 16. The Morgan fingerprint density at radius 1 is 0.676 bits per heavy atom. The van der Waals surface area contributed by atoms with Gasteiger partial charge in [0.25, 0.3) is 0 Å². The number of methoxy groups -OCH3 is 1. The fraction of sp³-hybridized carbons (Fsp3) is 0.250. The molecule has 0 saturated carbocycles. The van der Waals surface area contributed by atoms with Crippen LogP contribution in [-0.2, 0) is 40.2 Å². The number of aliphatic hydroxyl groups is 1. The number of benzene rings is 6. The molecule has 0 spiro atoms. The van der Waals surface area contributed by atoms with E-state index in [-0.39, 0.29) is 23.7 Å². The van der Waals surface area contributed by atoms with Gasteiger partial charge in [0.2, 0.25) is 0 Å². The standard InChI is InChI=1S/C56H56N6O6/c1-8-20-48-57-50(55(5,6)65)49(52(63)67-37-39-31-34-46(47(35-39)66-7)68-53(64)54(2,3)4)61(48)36-38-29-32-40(33-30-38)44-27-18-19-28-45(44)51-58-59-60-62(51)56(41-21-12-9-13-22-41,42-23-14-10-15-24-42)43-25-16-11-17-26-43/h9-19,21-35,65H,8,20,36-37H2,1-7H3. The molecule has 12 heteroatoms. The monoisotopic (exact) mass is 908 g/mol. The molecule has 0 amide bonds. The molecule has 1 N–H and O–H groups in total. The molecule has 0 fully saturated rings. The fourth-order valence-electron chi connectivity index (χ4n) is 8.46. The molecule has 0 aliphatic carbocycles. The van der Waals surface area contributed by atoms with Crippen LogP contribution in [0.25, 0.3) is 22.5 Å². The Morgan fingerprint density at radius 2 is 1.24 bits per heavy atom. The highest BCUT2D eigenvalue weighted by Crippen LogP contribution is 2.43. The van der Waals surface area contributed by atoms with E-state index in [0.717, 1.165) is 45.4 Å². The molecule has 0 saturated heterocycles. The number of carbonyl (C=O) groups is 2. The molecule has 2 heterocycles. The molecule has 68 heavy (non-hydrogen) atoms. The van der Waals surface area contributed by atoms with Crippen LogP contribution in [0.4, 0.5) is 0 Å². The third-order valence-corrected chi connectivity index (χ3v) is 11.8. The highest BCUT2D eigenvalue weighted by atomic mass is 16.6. The minimum Gasteiger partial charge on any atom is -0.493 e. The van der Waals surface area contributed by atoms with Crippen LogP contribution in [0.15, 0.2) is 158 Å². The minimum atomic E-state index is -1.45. The molecule has 346 valence electrons. The number of hydrogen-bond acceptors (Lipinski definition) is 10. The molecule has 12 nitrogen and oxygen atoms in total. The highest BCUT2D eigenvalue weighted by Gasteiger charge is 2.42. The molecular weight excluding hydrogens is 853 g/mol. The maximum atomic E-state index is 14.2. The van der Waals surface area contributed by atoms with Crippen molar-refractivity contribution in [2.24, 2.45) is 5.41 Å². The molecule has 2 aromatic heterocycles. The first-order valence-corrected chi connectivity index (χ1v) is 22.8. The highest BCUT2D eigenvalue weighted by molar-refractivity contribution is 5.89. The summed E-state index contributed by atoms with van der Waals surface area (Å²) in [6.07, 6.45) is 1.33. The van der Waals surface area contributed by atoms with Crippen molar-refractivity contribution in [2.75, 3.05) is 7.11 Å². The van der Waals surface area contributed by atoms with Crippen molar-refractivity contribution >= 4 is 11.9 Å². The van der Waals surface area contributed by atoms with Crippen LogP contribution in [0.2, 0.25) is 0 Å². The number of ether oxygens (including phenoxy) is 3. The first-order chi connectivity index (χ1) is 32.7. The topological polar surface area (TPSA) is 143 Å². The maximum Gasteiger partial charge on any atom is 0.357 e. The van der Waals surface area contributed by atoms with Crippen molar-refractivity contribution in [1.82, 2.24) is 29.8 Å². The van der Waals surface area contributed by atoms with Gasteiger partial charge in [0.1, 0.15) is 29.3 Å². The Labute approximate surface area is 397 Å². The Hall–Kier alpha value is -7.70. The Balaban J connectivity index is 1.13. The van der Waals surface area contributed by atoms with Crippen molar-refractivity contribution in [3.05, 3.63) is 203 Å². The molecule has 0 aliphatic heterocycles. The summed E-state index contributed by atoms with van der Waals surface area (Å²) in [4.78, 5) is 31.7. The van der Waals surface area contributed by atoms with E-state index in [1.807, 2.05) is 101 Å². The number of esters is 2. The zero-order valence-electron chi connectivity index (χ0n) is 39.5. The van der Waals surface area contributed by atoms with Crippen molar-refractivity contribution in [3.8, 4) is 34.0 Å². The first kappa shape index (κ1) is 46.8. The lowest BCUT2D eigenvalue weighted by molar-refractivity contribution is -0.143. The largest absolute Gasteiger partial charge is 0.493 e. The lowest BCUT2D eigenvalue weighted by atomic mass is 9.77. The summed E-state index contributed by atoms with van der Waals surface area (Å²) in [6.45, 7) is 10.8. The second kappa shape index (κ2) is 19.6. The summed E-state index contributed by atoms with van der Waals surface area (Å²) in [6, 6.07) is 52.2. The maximum absolute atomic E-state index is 14.2. The number of nitrogens with zero attached hydrogens (tertiary/aromatic N) is 6. The van der Waals surface area contributed by atoms with E-state index >= 15 is 0 Å². The van der Waals surface area contributed by atoms with E-state index in [1.54, 1.807) is 52.8 Å². The van der Waals surface area contributed by atoms with Crippen LogP contribution in [0.1, 0.15) is 97.8 Å². The number of hydrogen-bond donors (Lipinski definition) is 1. The smallest absolute Gasteiger partial charge is 0.357 e. The number of carbonyl (C=O) groups excluding carboxylic acids is 2. The molecule has 0 aliphatic rings. The first-order valence-electron chi connectivity index (χ1n) is 22.8. The molecule has 0 bridgehead atoms. The molecule has 8 aromatic rings. The van der Waals surface area contributed by atoms with E-state index in [2.05, 4.69) is 59.8 Å². The van der Waals surface area contributed by atoms with Gasteiger partial charge in [-0.1, -0.05) is 153 Å². The summed E-state index contributed by atoms with van der Waals surface area (Å²) >= 11 is 0. The normalized spacial score (nSPS) is 11.9. The van der Waals surface area contributed by atoms with E-state index in [0.29, 0.717) is 35.9 Å².